The van der Waals surface area contributed by atoms with Gasteiger partial charge in [0, 0.05) is 5.56 Å². The molecule has 0 aromatic heterocycles. The third kappa shape index (κ3) is 2.51. The SMILES string of the molecule is COc1c(C)cc(CO)cc1C(C)(C)C. The van der Waals surface area contributed by atoms with Gasteiger partial charge in [-0.3, -0.25) is 0 Å². The fraction of sp³-hybridized carbons (Fsp3) is 0.538. The Labute approximate surface area is 91.9 Å². The Balaban J connectivity index is 3.39. The molecule has 1 aromatic carbocycles. The van der Waals surface area contributed by atoms with Crippen LogP contribution < -0.4 is 4.74 Å². The number of hydrogen-bond donors (Lipinski definition) is 1. The zero-order valence-corrected chi connectivity index (χ0v) is 10.2. The van der Waals surface area contributed by atoms with Gasteiger partial charge in [0.15, 0.2) is 0 Å². The summed E-state index contributed by atoms with van der Waals surface area (Å²) in [7, 11) is 1.69. The van der Waals surface area contributed by atoms with E-state index in [1.165, 1.54) is 0 Å². The van der Waals surface area contributed by atoms with E-state index in [4.69, 9.17) is 4.74 Å². The average Bonchev–Trinajstić information content (AvgIpc) is 2.15. The fourth-order valence-electron chi connectivity index (χ4n) is 1.77. The topological polar surface area (TPSA) is 29.5 Å². The summed E-state index contributed by atoms with van der Waals surface area (Å²) in [6, 6.07) is 3.99. The molecule has 0 saturated heterocycles. The van der Waals surface area contributed by atoms with Crippen LogP contribution >= 0.6 is 0 Å². The largest absolute Gasteiger partial charge is 0.496 e. The van der Waals surface area contributed by atoms with Gasteiger partial charge in [0.2, 0.25) is 0 Å². The summed E-state index contributed by atoms with van der Waals surface area (Å²) >= 11 is 0. The van der Waals surface area contributed by atoms with Gasteiger partial charge in [0.05, 0.1) is 13.7 Å². The van der Waals surface area contributed by atoms with Crippen LogP contribution in [0.25, 0.3) is 0 Å². The maximum absolute atomic E-state index is 9.17. The third-order valence-corrected chi connectivity index (χ3v) is 2.53. The predicted octanol–water partition coefficient (Wildman–Crippen LogP) is 2.79. The summed E-state index contributed by atoms with van der Waals surface area (Å²) < 4.78 is 5.42. The molecule has 0 heterocycles. The normalized spacial score (nSPS) is 11.6. The highest BCUT2D eigenvalue weighted by atomic mass is 16.5. The predicted molar refractivity (Wildman–Crippen MR) is 62.4 cm³/mol. The zero-order valence-electron chi connectivity index (χ0n) is 10.2. The molecule has 1 N–H and O–H groups in total. The van der Waals surface area contributed by atoms with Gasteiger partial charge in [-0.05, 0) is 29.5 Å². The average molecular weight is 208 g/mol. The first-order chi connectivity index (χ1) is 6.90. The van der Waals surface area contributed by atoms with Crippen molar-refractivity contribution in [3.8, 4) is 5.75 Å². The summed E-state index contributed by atoms with van der Waals surface area (Å²) in [5.41, 5.74) is 3.20. The second-order valence-corrected chi connectivity index (χ2v) is 4.90. The van der Waals surface area contributed by atoms with Crippen LogP contribution in [0.3, 0.4) is 0 Å². The number of benzene rings is 1. The smallest absolute Gasteiger partial charge is 0.125 e. The van der Waals surface area contributed by atoms with E-state index in [2.05, 4.69) is 20.8 Å². The highest BCUT2D eigenvalue weighted by molar-refractivity contribution is 5.47. The fourth-order valence-corrected chi connectivity index (χ4v) is 1.77. The number of rotatable bonds is 2. The monoisotopic (exact) mass is 208 g/mol. The van der Waals surface area contributed by atoms with Crippen LogP contribution in [0.2, 0.25) is 0 Å². The Morgan fingerprint density at radius 2 is 1.87 bits per heavy atom. The molecule has 1 rings (SSSR count). The van der Waals surface area contributed by atoms with Gasteiger partial charge >= 0.3 is 0 Å². The van der Waals surface area contributed by atoms with E-state index in [1.54, 1.807) is 7.11 Å². The van der Waals surface area contributed by atoms with Crippen LogP contribution in [0.1, 0.15) is 37.5 Å². The van der Waals surface area contributed by atoms with Crippen LogP contribution in [0.15, 0.2) is 12.1 Å². The van der Waals surface area contributed by atoms with Gasteiger partial charge < -0.3 is 9.84 Å². The molecule has 0 bridgehead atoms. The first-order valence-electron chi connectivity index (χ1n) is 5.19. The third-order valence-electron chi connectivity index (χ3n) is 2.53. The molecule has 0 aliphatic rings. The van der Waals surface area contributed by atoms with Crippen molar-refractivity contribution in [1.82, 2.24) is 0 Å². The molecule has 0 atom stereocenters. The molecule has 84 valence electrons. The van der Waals surface area contributed by atoms with Gasteiger partial charge in [-0.1, -0.05) is 26.8 Å². The summed E-state index contributed by atoms with van der Waals surface area (Å²) in [4.78, 5) is 0. The number of hydrogen-bond acceptors (Lipinski definition) is 2. The number of aryl methyl sites for hydroxylation is 1. The van der Waals surface area contributed by atoms with Gasteiger partial charge in [-0.25, -0.2) is 0 Å². The van der Waals surface area contributed by atoms with Gasteiger partial charge in [-0.15, -0.1) is 0 Å². The molecule has 0 radical (unpaired) electrons. The molecule has 2 heteroatoms. The quantitative estimate of drug-likeness (QED) is 0.809. The molecular formula is C13H20O2. The molecule has 0 amide bonds. The summed E-state index contributed by atoms with van der Waals surface area (Å²) in [6.45, 7) is 8.52. The van der Waals surface area contributed by atoms with E-state index >= 15 is 0 Å². The molecule has 0 spiro atoms. The minimum absolute atomic E-state index is 0.0291. The van der Waals surface area contributed by atoms with Gasteiger partial charge in [-0.2, -0.15) is 0 Å². The lowest BCUT2D eigenvalue weighted by Gasteiger charge is -2.24. The second kappa shape index (κ2) is 4.23. The van der Waals surface area contributed by atoms with Crippen LogP contribution in [0, 0.1) is 6.92 Å². The van der Waals surface area contributed by atoms with Crippen molar-refractivity contribution >= 4 is 0 Å². The Kier molecular flexibility index (Phi) is 3.40. The van der Waals surface area contributed by atoms with E-state index < -0.39 is 0 Å². The molecule has 0 fully saturated rings. The minimum atomic E-state index is 0.0291. The highest BCUT2D eigenvalue weighted by Crippen LogP contribution is 2.34. The van der Waals surface area contributed by atoms with Crippen molar-refractivity contribution < 1.29 is 9.84 Å². The Morgan fingerprint density at radius 1 is 1.27 bits per heavy atom. The Bertz CT molecular complexity index is 348. The minimum Gasteiger partial charge on any atom is -0.496 e. The number of methoxy groups -OCH3 is 1. The van der Waals surface area contributed by atoms with E-state index in [0.717, 1.165) is 22.4 Å². The number of ether oxygens (including phenoxy) is 1. The van der Waals surface area contributed by atoms with Crippen LogP contribution in [0.5, 0.6) is 5.75 Å². The summed E-state index contributed by atoms with van der Waals surface area (Å²) in [6.07, 6.45) is 0. The van der Waals surface area contributed by atoms with Crippen molar-refractivity contribution in [2.24, 2.45) is 0 Å². The van der Waals surface area contributed by atoms with Crippen molar-refractivity contribution in [1.29, 1.82) is 0 Å². The first-order valence-corrected chi connectivity index (χ1v) is 5.19. The van der Waals surface area contributed by atoms with Crippen LogP contribution in [0.4, 0.5) is 0 Å². The van der Waals surface area contributed by atoms with E-state index in [-0.39, 0.29) is 12.0 Å². The van der Waals surface area contributed by atoms with E-state index in [9.17, 15) is 5.11 Å². The van der Waals surface area contributed by atoms with E-state index in [0.29, 0.717) is 0 Å². The number of aliphatic hydroxyl groups excluding tert-OH is 1. The van der Waals surface area contributed by atoms with Crippen molar-refractivity contribution in [3.05, 3.63) is 28.8 Å². The molecule has 15 heavy (non-hydrogen) atoms. The molecule has 0 saturated carbocycles. The van der Waals surface area contributed by atoms with Crippen molar-refractivity contribution in [2.75, 3.05) is 7.11 Å². The molecule has 0 aliphatic heterocycles. The molecular weight excluding hydrogens is 188 g/mol. The van der Waals surface area contributed by atoms with Gasteiger partial charge in [0.1, 0.15) is 5.75 Å². The van der Waals surface area contributed by atoms with Crippen molar-refractivity contribution in [3.63, 3.8) is 0 Å². The molecule has 0 unspecified atom stereocenters. The maximum Gasteiger partial charge on any atom is 0.125 e. The highest BCUT2D eigenvalue weighted by Gasteiger charge is 2.20. The Morgan fingerprint density at radius 3 is 2.27 bits per heavy atom. The van der Waals surface area contributed by atoms with Gasteiger partial charge in [0.25, 0.3) is 0 Å². The molecule has 2 nitrogen and oxygen atoms in total. The van der Waals surface area contributed by atoms with Crippen LogP contribution in [-0.4, -0.2) is 12.2 Å². The first kappa shape index (κ1) is 12.1. The lowest BCUT2D eigenvalue weighted by atomic mass is 9.84. The molecule has 0 aliphatic carbocycles. The lowest BCUT2D eigenvalue weighted by molar-refractivity contribution is 0.281. The summed E-state index contributed by atoms with van der Waals surface area (Å²) in [5, 5.41) is 9.17. The maximum atomic E-state index is 9.17. The lowest BCUT2D eigenvalue weighted by Crippen LogP contribution is -2.14. The summed E-state index contributed by atoms with van der Waals surface area (Å²) in [5.74, 6) is 0.930. The standard InChI is InChI=1S/C13H20O2/c1-9-6-10(8-14)7-11(12(9)15-5)13(2,3)4/h6-7,14H,8H2,1-5H3. The van der Waals surface area contributed by atoms with Crippen LogP contribution in [-0.2, 0) is 12.0 Å². The van der Waals surface area contributed by atoms with Crippen molar-refractivity contribution in [2.45, 2.75) is 39.7 Å². The zero-order chi connectivity index (χ0) is 11.6. The Hall–Kier alpha value is -1.02. The second-order valence-electron chi connectivity index (χ2n) is 4.90. The molecule has 1 aromatic rings. The van der Waals surface area contributed by atoms with E-state index in [1.807, 2.05) is 19.1 Å². The number of aliphatic hydroxyl groups is 1.